The van der Waals surface area contributed by atoms with Crippen LogP contribution in [0.25, 0.3) is 0 Å². The van der Waals surface area contributed by atoms with Gasteiger partial charge in [0.2, 0.25) is 0 Å². The molecule has 0 fully saturated rings. The number of hydrogen-bond donors (Lipinski definition) is 2. The summed E-state index contributed by atoms with van der Waals surface area (Å²) in [5.74, 6) is 8.00. The van der Waals surface area contributed by atoms with Gasteiger partial charge in [-0.25, -0.2) is 0 Å². The van der Waals surface area contributed by atoms with E-state index in [0.29, 0.717) is 0 Å². The zero-order valence-electron chi connectivity index (χ0n) is 6.81. The first-order valence-corrected chi connectivity index (χ1v) is 4.33. The smallest absolute Gasteiger partial charge is 0.759 e. The zero-order chi connectivity index (χ0) is 11.0. The Hall–Kier alpha value is 2.24. The molecule has 0 saturated heterocycles. The molecule has 0 bridgehead atoms. The van der Waals surface area contributed by atoms with Gasteiger partial charge in [-0.2, -0.15) is 0 Å². The molecule has 0 unspecified atom stereocenters. The molecule has 0 heterocycles. The summed E-state index contributed by atoms with van der Waals surface area (Å²) in [7, 11) is -10.3. The fraction of sp³-hybridized carbons (Fsp3) is 0. The second-order valence-electron chi connectivity index (χ2n) is 0.816. The van der Waals surface area contributed by atoms with Crippen LogP contribution in [0, 0.1) is 0 Å². The van der Waals surface area contributed by atoms with E-state index in [9.17, 15) is 0 Å². The van der Waals surface area contributed by atoms with E-state index in [1.54, 1.807) is 0 Å². The van der Waals surface area contributed by atoms with Crippen molar-refractivity contribution < 1.29 is 104 Å². The molecule has 0 aromatic heterocycles. The number of hydrazine groups is 1. The van der Waals surface area contributed by atoms with Gasteiger partial charge in [0.1, 0.15) is 0 Å². The van der Waals surface area contributed by atoms with Gasteiger partial charge in [0.15, 0.2) is 0 Å². The Morgan fingerprint density at radius 3 is 0.714 bits per heavy atom. The van der Waals surface area contributed by atoms with Crippen LogP contribution in [-0.4, -0.2) is 52.4 Å². The predicted octanol–water partition coefficient (Wildman–Crippen LogP) is -7.23. The molecular formula is H4AlCsN2O8S2. The van der Waals surface area contributed by atoms with Crippen molar-refractivity contribution in [3.63, 3.8) is 0 Å². The molecule has 0 amide bonds. The van der Waals surface area contributed by atoms with Gasteiger partial charge in [-0.15, -0.1) is 0 Å². The largest absolute Gasteiger partial charge is 3.00 e. The first kappa shape index (κ1) is 29.9. The van der Waals surface area contributed by atoms with E-state index in [1.807, 2.05) is 0 Å². The first-order chi connectivity index (χ1) is 5.00. The Kier molecular flexibility index (Phi) is 32.5. The van der Waals surface area contributed by atoms with Gasteiger partial charge in [0.05, 0.1) is 0 Å². The second kappa shape index (κ2) is 15.2. The Bertz CT molecular complexity index is 222. The van der Waals surface area contributed by atoms with E-state index in [1.165, 1.54) is 0 Å². The minimum absolute atomic E-state index is 0. The van der Waals surface area contributed by atoms with Crippen molar-refractivity contribution in [3.05, 3.63) is 0 Å². The van der Waals surface area contributed by atoms with Crippen LogP contribution in [0.5, 0.6) is 0 Å². The van der Waals surface area contributed by atoms with E-state index in [0.717, 1.165) is 0 Å². The first-order valence-electron chi connectivity index (χ1n) is 1.67. The number of nitrogens with two attached hydrogens (primary N) is 2. The van der Waals surface area contributed by atoms with Gasteiger partial charge in [0, 0.05) is 20.8 Å². The maximum Gasteiger partial charge on any atom is 3.00 e. The van der Waals surface area contributed by atoms with E-state index in [4.69, 9.17) is 35.0 Å². The summed E-state index contributed by atoms with van der Waals surface area (Å²) in [6, 6.07) is 0. The molecule has 4 N–H and O–H groups in total. The average molecular weight is 384 g/mol. The molecule has 14 heteroatoms. The predicted molar refractivity (Wildman–Crippen MR) is 35.1 cm³/mol. The molecule has 0 aliphatic carbocycles. The second-order valence-corrected chi connectivity index (χ2v) is 2.45. The normalized spacial score (nSPS) is 8.71. The van der Waals surface area contributed by atoms with Crippen LogP contribution in [0.15, 0.2) is 0 Å². The minimum Gasteiger partial charge on any atom is -0.759 e. The molecule has 0 radical (unpaired) electrons. The third kappa shape index (κ3) is 496. The average Bonchev–Trinajstić information content (AvgIpc) is 1.59. The van der Waals surface area contributed by atoms with Crippen LogP contribution in [0.1, 0.15) is 0 Å². The van der Waals surface area contributed by atoms with E-state index in [-0.39, 0.29) is 86.3 Å². The standard InChI is InChI=1S/Al.Cs.H4N2.2H2O4S/c;;1-2;2*1-5(2,3)4/h;;1-2H2;2*(H2,1,2,3,4)/q+3;+1;;;/p-4. The molecule has 0 atom stereocenters. The van der Waals surface area contributed by atoms with Gasteiger partial charge in [0.25, 0.3) is 0 Å². The van der Waals surface area contributed by atoms with Gasteiger partial charge in [-0.05, 0) is 0 Å². The summed E-state index contributed by atoms with van der Waals surface area (Å²) < 4.78 is 68.2. The molecule has 0 rings (SSSR count). The summed E-state index contributed by atoms with van der Waals surface area (Å²) in [4.78, 5) is 0. The van der Waals surface area contributed by atoms with Crippen molar-refractivity contribution in [1.82, 2.24) is 0 Å². The van der Waals surface area contributed by atoms with Crippen molar-refractivity contribution in [1.29, 1.82) is 0 Å². The van der Waals surface area contributed by atoms with Crippen molar-refractivity contribution in [2.24, 2.45) is 11.7 Å². The number of rotatable bonds is 0. The molecule has 0 aromatic carbocycles. The fourth-order valence-corrected chi connectivity index (χ4v) is 0. The quantitative estimate of drug-likeness (QED) is 0.132. The zero-order valence-corrected chi connectivity index (χ0v) is 15.9. The molecule has 0 spiro atoms. The van der Waals surface area contributed by atoms with Crippen LogP contribution < -0.4 is 80.6 Å². The third-order valence-corrected chi connectivity index (χ3v) is 0. The van der Waals surface area contributed by atoms with Crippen LogP contribution in [-0.2, 0) is 20.8 Å². The summed E-state index contributed by atoms with van der Waals surface area (Å²) in [6.45, 7) is 0. The minimum atomic E-state index is -5.17. The van der Waals surface area contributed by atoms with Crippen molar-refractivity contribution in [2.45, 2.75) is 0 Å². The third-order valence-electron chi connectivity index (χ3n) is 0. The Morgan fingerprint density at radius 2 is 0.714 bits per heavy atom. The van der Waals surface area contributed by atoms with Gasteiger partial charge < -0.3 is 18.2 Å². The van der Waals surface area contributed by atoms with E-state index in [2.05, 4.69) is 11.7 Å². The Balaban J connectivity index is -0.0000000292. The van der Waals surface area contributed by atoms with Crippen LogP contribution in [0.3, 0.4) is 0 Å². The molecule has 0 aromatic rings. The van der Waals surface area contributed by atoms with Crippen LogP contribution in [0.4, 0.5) is 0 Å². The monoisotopic (exact) mass is 384 g/mol. The molecule has 0 saturated carbocycles. The summed E-state index contributed by atoms with van der Waals surface area (Å²) in [5.41, 5.74) is 0. The molecule has 78 valence electrons. The molecule has 0 aliphatic rings. The Morgan fingerprint density at radius 1 is 0.714 bits per heavy atom. The van der Waals surface area contributed by atoms with Gasteiger partial charge in [-0.3, -0.25) is 28.5 Å². The number of hydrogen-bond acceptors (Lipinski definition) is 10. The van der Waals surface area contributed by atoms with E-state index < -0.39 is 20.8 Å². The summed E-state index contributed by atoms with van der Waals surface area (Å²) in [6.07, 6.45) is 0. The van der Waals surface area contributed by atoms with Crippen LogP contribution in [0.2, 0.25) is 0 Å². The maximum absolute atomic E-state index is 8.52. The topological polar surface area (TPSA) is 213 Å². The molecule has 0 aliphatic heterocycles. The van der Waals surface area contributed by atoms with Gasteiger partial charge in [-0.1, -0.05) is 0 Å². The summed E-state index contributed by atoms with van der Waals surface area (Å²) in [5, 5.41) is 0. The van der Waals surface area contributed by atoms with Crippen molar-refractivity contribution in [2.75, 3.05) is 0 Å². The van der Waals surface area contributed by atoms with Crippen molar-refractivity contribution >= 4 is 38.2 Å². The van der Waals surface area contributed by atoms with E-state index >= 15 is 0 Å². The summed E-state index contributed by atoms with van der Waals surface area (Å²) >= 11 is 0. The molecular weight excluding hydrogens is 380 g/mol. The SMILES string of the molecule is NN.O=S(=O)([O-])[O-].O=S(=O)([O-])[O-].[Al+3].[Cs+]. The van der Waals surface area contributed by atoms with Gasteiger partial charge >= 0.3 is 86.3 Å². The fourth-order valence-electron chi connectivity index (χ4n) is 0. The maximum atomic E-state index is 8.52. The van der Waals surface area contributed by atoms with Crippen LogP contribution >= 0.6 is 0 Å². The molecule has 10 nitrogen and oxygen atoms in total. The molecule has 14 heavy (non-hydrogen) atoms. The Labute approximate surface area is 150 Å². The van der Waals surface area contributed by atoms with Crippen molar-refractivity contribution in [3.8, 4) is 0 Å².